The van der Waals surface area contributed by atoms with Gasteiger partial charge in [0.1, 0.15) is 5.60 Å². The van der Waals surface area contributed by atoms with Crippen LogP contribution in [-0.2, 0) is 15.9 Å². The lowest BCUT2D eigenvalue weighted by atomic mass is 9.89. The predicted octanol–water partition coefficient (Wildman–Crippen LogP) is 2.02. The zero-order chi connectivity index (χ0) is 16.3. The van der Waals surface area contributed by atoms with Gasteiger partial charge < -0.3 is 20.3 Å². The molecule has 5 nitrogen and oxygen atoms in total. The highest BCUT2D eigenvalue weighted by Crippen LogP contribution is 2.27. The molecule has 0 radical (unpaired) electrons. The smallest absolute Gasteiger partial charge is 0.338 e. The minimum Gasteiger partial charge on any atom is -0.456 e. The summed E-state index contributed by atoms with van der Waals surface area (Å²) in [4.78, 5) is 12.2. The van der Waals surface area contributed by atoms with Gasteiger partial charge in [0.2, 0.25) is 0 Å². The number of rotatable bonds is 4. The van der Waals surface area contributed by atoms with Crippen LogP contribution >= 0.6 is 0 Å². The van der Waals surface area contributed by atoms with Crippen LogP contribution in [0.3, 0.4) is 0 Å². The second-order valence-corrected chi connectivity index (χ2v) is 6.86. The molecule has 5 heteroatoms. The van der Waals surface area contributed by atoms with E-state index >= 15 is 0 Å². The zero-order valence-corrected chi connectivity index (χ0v) is 13.5. The van der Waals surface area contributed by atoms with Gasteiger partial charge in [0.05, 0.1) is 18.8 Å². The first-order chi connectivity index (χ1) is 10.3. The summed E-state index contributed by atoms with van der Waals surface area (Å²) < 4.78 is 10.8. The summed E-state index contributed by atoms with van der Waals surface area (Å²) >= 11 is 0. The maximum atomic E-state index is 12.2. The Kier molecular flexibility index (Phi) is 5.08. The van der Waals surface area contributed by atoms with Crippen LogP contribution in [0.25, 0.3) is 0 Å². The van der Waals surface area contributed by atoms with Gasteiger partial charge in [-0.15, -0.1) is 0 Å². The molecule has 0 spiro atoms. The fraction of sp³-hybridized carbons (Fsp3) is 0.588. The molecule has 1 aromatic rings. The van der Waals surface area contributed by atoms with Crippen molar-refractivity contribution in [1.29, 1.82) is 0 Å². The van der Waals surface area contributed by atoms with Crippen LogP contribution in [-0.4, -0.2) is 36.5 Å². The molecule has 1 unspecified atom stereocenters. The van der Waals surface area contributed by atoms with E-state index in [-0.39, 0.29) is 24.4 Å². The maximum absolute atomic E-state index is 12.2. The Hall–Kier alpha value is -1.59. The second-order valence-electron chi connectivity index (χ2n) is 6.86. The number of carbonyl (C=O) groups is 1. The van der Waals surface area contributed by atoms with Crippen LogP contribution in [0, 0.1) is 11.8 Å². The van der Waals surface area contributed by atoms with Crippen LogP contribution in [0.5, 0.6) is 0 Å². The van der Waals surface area contributed by atoms with Gasteiger partial charge in [0.25, 0.3) is 0 Å². The third kappa shape index (κ3) is 4.21. The van der Waals surface area contributed by atoms with E-state index in [1.54, 1.807) is 18.2 Å². The van der Waals surface area contributed by atoms with E-state index in [4.69, 9.17) is 15.2 Å². The number of carbonyl (C=O) groups excluding carboxylic acids is 1. The topological polar surface area (TPSA) is 81.8 Å². The second kappa shape index (κ2) is 6.67. The van der Waals surface area contributed by atoms with Crippen molar-refractivity contribution in [2.45, 2.75) is 32.8 Å². The molecule has 0 bridgehead atoms. The van der Waals surface area contributed by atoms with E-state index in [1.807, 2.05) is 20.8 Å². The Morgan fingerprint density at radius 2 is 2.05 bits per heavy atom. The van der Waals surface area contributed by atoms with Gasteiger partial charge in [0.15, 0.2) is 0 Å². The fourth-order valence-electron chi connectivity index (χ4n) is 2.60. The summed E-state index contributed by atoms with van der Waals surface area (Å²) in [5.74, 6) is 0.000833. The molecule has 122 valence electrons. The first kappa shape index (κ1) is 16.8. The number of nitrogens with two attached hydrogens (primary N) is 1. The van der Waals surface area contributed by atoms with Gasteiger partial charge in [-0.1, -0.05) is 0 Å². The Labute approximate surface area is 131 Å². The highest BCUT2D eigenvalue weighted by Gasteiger charge is 2.28. The highest BCUT2D eigenvalue weighted by molar-refractivity contribution is 5.90. The monoisotopic (exact) mass is 307 g/mol. The molecule has 1 saturated heterocycles. The lowest BCUT2D eigenvalue weighted by Gasteiger charge is -2.20. The molecular formula is C17H25NO4. The van der Waals surface area contributed by atoms with Crippen molar-refractivity contribution in [2.75, 3.05) is 25.6 Å². The van der Waals surface area contributed by atoms with Crippen LogP contribution in [0.15, 0.2) is 18.2 Å². The summed E-state index contributed by atoms with van der Waals surface area (Å²) in [5, 5.41) is 9.37. The molecular weight excluding hydrogens is 282 g/mol. The Balaban J connectivity index is 2.15. The van der Waals surface area contributed by atoms with Crippen LogP contribution < -0.4 is 5.73 Å². The summed E-state index contributed by atoms with van der Waals surface area (Å²) in [5.41, 5.74) is 7.55. The molecule has 0 saturated carbocycles. The lowest BCUT2D eigenvalue weighted by molar-refractivity contribution is 0.00694. The number of hydrogen-bond donors (Lipinski definition) is 2. The summed E-state index contributed by atoms with van der Waals surface area (Å²) in [7, 11) is 0. The summed E-state index contributed by atoms with van der Waals surface area (Å²) in [6, 6.07) is 5.20. The van der Waals surface area contributed by atoms with E-state index < -0.39 is 5.60 Å². The average Bonchev–Trinajstić information content (AvgIpc) is 2.86. The van der Waals surface area contributed by atoms with Crippen LogP contribution in [0.2, 0.25) is 0 Å². The van der Waals surface area contributed by atoms with Crippen molar-refractivity contribution < 1.29 is 19.4 Å². The molecule has 0 aliphatic carbocycles. The molecule has 0 amide bonds. The van der Waals surface area contributed by atoms with Gasteiger partial charge in [-0.05, 0) is 56.9 Å². The SMILES string of the molecule is CC(C)(C)OC(=O)c1ccc(N)c(C[C@@H]2COCC2CO)c1. The van der Waals surface area contributed by atoms with E-state index in [9.17, 15) is 9.90 Å². The molecule has 2 atom stereocenters. The van der Waals surface area contributed by atoms with Crippen molar-refractivity contribution >= 4 is 11.7 Å². The van der Waals surface area contributed by atoms with Crippen molar-refractivity contribution in [3.63, 3.8) is 0 Å². The normalized spacial score (nSPS) is 21.8. The lowest BCUT2D eigenvalue weighted by Crippen LogP contribution is -2.24. The third-order valence-corrected chi connectivity index (χ3v) is 3.82. The number of ether oxygens (including phenoxy) is 2. The molecule has 1 aliphatic rings. The maximum Gasteiger partial charge on any atom is 0.338 e. The highest BCUT2D eigenvalue weighted by atomic mass is 16.6. The Bertz CT molecular complexity index is 536. The molecule has 22 heavy (non-hydrogen) atoms. The number of hydrogen-bond acceptors (Lipinski definition) is 5. The first-order valence-corrected chi connectivity index (χ1v) is 7.60. The fourth-order valence-corrected chi connectivity index (χ4v) is 2.60. The Morgan fingerprint density at radius 3 is 2.68 bits per heavy atom. The van der Waals surface area contributed by atoms with Gasteiger partial charge in [-0.2, -0.15) is 0 Å². The zero-order valence-electron chi connectivity index (χ0n) is 13.5. The number of anilines is 1. The summed E-state index contributed by atoms with van der Waals surface area (Å²) in [6.07, 6.45) is 0.688. The van der Waals surface area contributed by atoms with Gasteiger partial charge in [-0.25, -0.2) is 4.79 Å². The Morgan fingerprint density at radius 1 is 1.36 bits per heavy atom. The van der Waals surface area contributed by atoms with Gasteiger partial charge in [-0.3, -0.25) is 0 Å². The molecule has 1 fully saturated rings. The average molecular weight is 307 g/mol. The molecule has 1 aliphatic heterocycles. The van der Waals surface area contributed by atoms with Gasteiger partial charge >= 0.3 is 5.97 Å². The number of esters is 1. The first-order valence-electron chi connectivity index (χ1n) is 7.60. The number of nitrogen functional groups attached to an aromatic ring is 1. The predicted molar refractivity (Wildman–Crippen MR) is 84.6 cm³/mol. The van der Waals surface area contributed by atoms with Crippen molar-refractivity contribution in [3.05, 3.63) is 29.3 Å². The van der Waals surface area contributed by atoms with E-state index in [1.165, 1.54) is 0 Å². The number of aliphatic hydroxyl groups excluding tert-OH is 1. The van der Waals surface area contributed by atoms with E-state index in [2.05, 4.69) is 0 Å². The summed E-state index contributed by atoms with van der Waals surface area (Å²) in [6.45, 7) is 6.81. The minimum absolute atomic E-state index is 0.107. The number of aliphatic hydroxyl groups is 1. The van der Waals surface area contributed by atoms with Gasteiger partial charge in [0, 0.05) is 18.2 Å². The third-order valence-electron chi connectivity index (χ3n) is 3.82. The number of benzene rings is 1. The van der Waals surface area contributed by atoms with E-state index in [0.717, 1.165) is 5.56 Å². The minimum atomic E-state index is -0.528. The van der Waals surface area contributed by atoms with Crippen molar-refractivity contribution in [1.82, 2.24) is 0 Å². The molecule has 1 heterocycles. The van der Waals surface area contributed by atoms with Crippen LogP contribution in [0.1, 0.15) is 36.7 Å². The quantitative estimate of drug-likeness (QED) is 0.657. The molecule has 3 N–H and O–H groups in total. The van der Waals surface area contributed by atoms with Crippen molar-refractivity contribution in [3.8, 4) is 0 Å². The molecule has 0 aromatic heterocycles. The molecule has 2 rings (SSSR count). The largest absolute Gasteiger partial charge is 0.456 e. The van der Waals surface area contributed by atoms with Crippen LogP contribution in [0.4, 0.5) is 5.69 Å². The standard InChI is InChI=1S/C17H25NO4/c1-17(2,3)22-16(20)11-4-5-15(18)12(6-11)7-13-9-21-10-14(13)8-19/h4-6,13-14,19H,7-10,18H2,1-3H3/t13-,14?/m1/s1. The van der Waals surface area contributed by atoms with Crippen molar-refractivity contribution in [2.24, 2.45) is 11.8 Å². The van der Waals surface area contributed by atoms with E-state index in [0.29, 0.717) is 30.9 Å². The molecule has 1 aromatic carbocycles.